The predicted octanol–water partition coefficient (Wildman–Crippen LogP) is 5.27. The van der Waals surface area contributed by atoms with Gasteiger partial charge in [0, 0.05) is 29.7 Å². The molecule has 0 atom stereocenters. The molecule has 4 heteroatoms. The molecule has 0 unspecified atom stereocenters. The molecule has 2 aromatic carbocycles. The van der Waals surface area contributed by atoms with Gasteiger partial charge < -0.3 is 9.72 Å². The average Bonchev–Trinajstić information content (AvgIpc) is 3.12. The Morgan fingerprint density at radius 1 is 1.04 bits per heavy atom. The number of imidazole rings is 1. The number of rotatable bonds is 4. The molecule has 1 amide bonds. The number of pyridine rings is 1. The first kappa shape index (κ1) is 17.7. The topological polar surface area (TPSA) is 46.4 Å². The average molecular weight is 367 g/mol. The molecule has 138 valence electrons. The van der Waals surface area contributed by atoms with Gasteiger partial charge in [0.15, 0.2) is 0 Å². The maximum absolute atomic E-state index is 12.3. The second kappa shape index (κ2) is 7.53. The molecule has 28 heavy (non-hydrogen) atoms. The quantitative estimate of drug-likeness (QED) is 0.500. The smallest absolute Gasteiger partial charge is 0.248 e. The molecule has 1 N–H and O–H groups in total. The zero-order valence-electron chi connectivity index (χ0n) is 15.9. The Morgan fingerprint density at radius 3 is 2.68 bits per heavy atom. The van der Waals surface area contributed by atoms with Crippen molar-refractivity contribution in [3.8, 4) is 11.3 Å². The Kier molecular flexibility index (Phi) is 4.77. The lowest BCUT2D eigenvalue weighted by atomic mass is 10.1. The molecule has 4 aromatic rings. The highest BCUT2D eigenvalue weighted by Gasteiger charge is 2.08. The summed E-state index contributed by atoms with van der Waals surface area (Å²) < 4.78 is 2.00. The van der Waals surface area contributed by atoms with E-state index in [0.29, 0.717) is 0 Å². The van der Waals surface area contributed by atoms with Crippen molar-refractivity contribution in [2.24, 2.45) is 0 Å². The van der Waals surface area contributed by atoms with Gasteiger partial charge in [-0.3, -0.25) is 4.79 Å². The number of anilines is 1. The molecule has 2 aromatic heterocycles. The van der Waals surface area contributed by atoms with Crippen molar-refractivity contribution >= 4 is 23.3 Å². The minimum absolute atomic E-state index is 0.158. The molecule has 2 heterocycles. The number of carbonyl (C=O) groups is 1. The van der Waals surface area contributed by atoms with E-state index in [-0.39, 0.29) is 5.91 Å². The van der Waals surface area contributed by atoms with Crippen LogP contribution in [0.3, 0.4) is 0 Å². The third kappa shape index (κ3) is 3.86. The molecule has 0 bridgehead atoms. The Morgan fingerprint density at radius 2 is 1.86 bits per heavy atom. The molecule has 0 radical (unpaired) electrons. The molecule has 0 saturated carbocycles. The predicted molar refractivity (Wildman–Crippen MR) is 114 cm³/mol. The summed E-state index contributed by atoms with van der Waals surface area (Å²) in [5.74, 6) is -0.158. The van der Waals surface area contributed by atoms with Crippen molar-refractivity contribution in [1.29, 1.82) is 0 Å². The van der Waals surface area contributed by atoms with E-state index in [4.69, 9.17) is 4.98 Å². The summed E-state index contributed by atoms with van der Waals surface area (Å²) in [5, 5.41) is 2.97. The number of carbonyl (C=O) groups excluding carboxylic acids is 1. The van der Waals surface area contributed by atoms with Gasteiger partial charge in [-0.2, -0.15) is 0 Å². The molecular formula is C24H21N3O. The summed E-state index contributed by atoms with van der Waals surface area (Å²) in [7, 11) is 0. The number of nitrogens with zero attached hydrogens (tertiary/aromatic N) is 2. The van der Waals surface area contributed by atoms with Crippen molar-refractivity contribution < 1.29 is 4.79 Å². The van der Waals surface area contributed by atoms with Gasteiger partial charge in [-0.15, -0.1) is 0 Å². The number of fused-ring (bicyclic) bond motifs is 1. The lowest BCUT2D eigenvalue weighted by Crippen LogP contribution is -2.09. The van der Waals surface area contributed by atoms with Gasteiger partial charge in [0.1, 0.15) is 5.65 Å². The number of hydrogen-bond acceptors (Lipinski definition) is 2. The van der Waals surface area contributed by atoms with Crippen molar-refractivity contribution in [3.63, 3.8) is 0 Å². The standard InChI is InChI=1S/C24H21N3O/c1-17-12-13-27-16-22(25-23(27)14-17)20-10-8-18(2)21(15-20)26-24(28)11-9-19-6-4-3-5-7-19/h3-16H,1-2H3,(H,26,28)/b11-9+. The fourth-order valence-electron chi connectivity index (χ4n) is 3.05. The van der Waals surface area contributed by atoms with Gasteiger partial charge in [0.2, 0.25) is 5.91 Å². The fourth-order valence-corrected chi connectivity index (χ4v) is 3.05. The lowest BCUT2D eigenvalue weighted by Gasteiger charge is -2.08. The molecule has 4 rings (SSSR count). The number of aryl methyl sites for hydroxylation is 2. The van der Waals surface area contributed by atoms with Crippen LogP contribution in [0.15, 0.2) is 79.1 Å². The molecule has 0 aliphatic heterocycles. The van der Waals surface area contributed by atoms with Crippen LogP contribution < -0.4 is 5.32 Å². The van der Waals surface area contributed by atoms with Gasteiger partial charge in [-0.05, 0) is 54.8 Å². The Balaban J connectivity index is 1.58. The highest BCUT2D eigenvalue weighted by atomic mass is 16.1. The minimum Gasteiger partial charge on any atom is -0.322 e. The summed E-state index contributed by atoms with van der Waals surface area (Å²) in [6.07, 6.45) is 7.36. The lowest BCUT2D eigenvalue weighted by molar-refractivity contribution is -0.111. The number of hydrogen-bond donors (Lipinski definition) is 1. The van der Waals surface area contributed by atoms with Crippen LogP contribution in [0.2, 0.25) is 0 Å². The van der Waals surface area contributed by atoms with Crippen LogP contribution in [-0.2, 0) is 4.79 Å². The third-order valence-corrected chi connectivity index (χ3v) is 4.63. The van der Waals surface area contributed by atoms with Crippen molar-refractivity contribution in [2.75, 3.05) is 5.32 Å². The molecule has 4 nitrogen and oxygen atoms in total. The first-order valence-corrected chi connectivity index (χ1v) is 9.19. The maximum atomic E-state index is 12.3. The zero-order chi connectivity index (χ0) is 19.5. The Hall–Kier alpha value is -3.66. The van der Waals surface area contributed by atoms with E-state index < -0.39 is 0 Å². The van der Waals surface area contributed by atoms with Gasteiger partial charge in [-0.1, -0.05) is 42.5 Å². The SMILES string of the molecule is Cc1ccn2cc(-c3ccc(C)c(NC(=O)/C=C/c4ccccc4)c3)nc2c1. The van der Waals surface area contributed by atoms with Crippen LogP contribution in [0.25, 0.3) is 23.0 Å². The van der Waals surface area contributed by atoms with E-state index in [9.17, 15) is 4.79 Å². The second-order valence-electron chi connectivity index (χ2n) is 6.86. The number of benzene rings is 2. The highest BCUT2D eigenvalue weighted by molar-refractivity contribution is 6.02. The Labute approximate surface area is 164 Å². The number of nitrogens with one attached hydrogen (secondary N) is 1. The van der Waals surface area contributed by atoms with Crippen molar-refractivity contribution in [2.45, 2.75) is 13.8 Å². The van der Waals surface area contributed by atoms with Crippen molar-refractivity contribution in [1.82, 2.24) is 9.38 Å². The van der Waals surface area contributed by atoms with E-state index in [1.807, 2.05) is 72.2 Å². The van der Waals surface area contributed by atoms with Gasteiger partial charge in [-0.25, -0.2) is 4.98 Å². The van der Waals surface area contributed by atoms with Gasteiger partial charge in [0.25, 0.3) is 0 Å². The van der Waals surface area contributed by atoms with E-state index in [2.05, 4.69) is 24.4 Å². The van der Waals surface area contributed by atoms with Crippen LogP contribution >= 0.6 is 0 Å². The summed E-state index contributed by atoms with van der Waals surface area (Å²) in [4.78, 5) is 17.1. The monoisotopic (exact) mass is 367 g/mol. The van der Waals surface area contributed by atoms with Crippen LogP contribution in [0.4, 0.5) is 5.69 Å². The fraction of sp³-hybridized carbons (Fsp3) is 0.0833. The molecular weight excluding hydrogens is 346 g/mol. The third-order valence-electron chi connectivity index (χ3n) is 4.63. The van der Waals surface area contributed by atoms with E-state index in [1.165, 1.54) is 5.56 Å². The van der Waals surface area contributed by atoms with Crippen LogP contribution in [0.5, 0.6) is 0 Å². The van der Waals surface area contributed by atoms with E-state index in [0.717, 1.165) is 33.7 Å². The number of amides is 1. The molecule has 0 aliphatic rings. The maximum Gasteiger partial charge on any atom is 0.248 e. The van der Waals surface area contributed by atoms with E-state index in [1.54, 1.807) is 12.2 Å². The summed E-state index contributed by atoms with van der Waals surface area (Å²) in [5.41, 5.74) is 6.70. The zero-order valence-corrected chi connectivity index (χ0v) is 15.9. The van der Waals surface area contributed by atoms with Crippen LogP contribution in [0.1, 0.15) is 16.7 Å². The second-order valence-corrected chi connectivity index (χ2v) is 6.86. The number of aromatic nitrogens is 2. The normalized spacial score (nSPS) is 11.2. The first-order valence-electron chi connectivity index (χ1n) is 9.19. The van der Waals surface area contributed by atoms with Crippen LogP contribution in [-0.4, -0.2) is 15.3 Å². The summed E-state index contributed by atoms with van der Waals surface area (Å²) in [6, 6.07) is 19.9. The largest absolute Gasteiger partial charge is 0.322 e. The summed E-state index contributed by atoms with van der Waals surface area (Å²) in [6.45, 7) is 4.03. The molecule has 0 aliphatic carbocycles. The van der Waals surface area contributed by atoms with Gasteiger partial charge in [0.05, 0.1) is 5.69 Å². The molecule has 0 saturated heterocycles. The highest BCUT2D eigenvalue weighted by Crippen LogP contribution is 2.25. The van der Waals surface area contributed by atoms with Crippen LogP contribution in [0, 0.1) is 13.8 Å². The van der Waals surface area contributed by atoms with Crippen molar-refractivity contribution in [3.05, 3.63) is 95.8 Å². The molecule has 0 spiro atoms. The Bertz CT molecular complexity index is 1170. The van der Waals surface area contributed by atoms with Gasteiger partial charge >= 0.3 is 0 Å². The van der Waals surface area contributed by atoms with E-state index >= 15 is 0 Å². The first-order chi connectivity index (χ1) is 13.6. The summed E-state index contributed by atoms with van der Waals surface area (Å²) >= 11 is 0. The molecule has 0 fully saturated rings. The minimum atomic E-state index is -0.158.